The van der Waals surface area contributed by atoms with E-state index in [0.29, 0.717) is 0 Å². The van der Waals surface area contributed by atoms with Crippen LogP contribution in [0.4, 0.5) is 4.79 Å². The molecule has 2 atom stereocenters. The molecule has 2 N–H and O–H groups in total. The number of carbonyl (C=O) groups is 1. The van der Waals surface area contributed by atoms with Crippen molar-refractivity contribution in [3.8, 4) is 0 Å². The van der Waals surface area contributed by atoms with E-state index in [1.54, 1.807) is 4.68 Å². The Bertz CT molecular complexity index is 404. The minimum absolute atomic E-state index is 0.0598. The van der Waals surface area contributed by atoms with E-state index in [1.807, 2.05) is 26.5 Å². The van der Waals surface area contributed by atoms with Crippen LogP contribution in [-0.4, -0.2) is 52.1 Å². The monoisotopic (exact) mass is 238 g/mol. The van der Waals surface area contributed by atoms with E-state index in [1.165, 1.54) is 0 Å². The Labute approximate surface area is 100 Å². The number of likely N-dealkylation sites (N-methyl/N-ethyl adjacent to an activating group) is 1. The second-order valence-electron chi connectivity index (χ2n) is 4.66. The van der Waals surface area contributed by atoms with E-state index >= 15 is 0 Å². The number of rotatable bonds is 2. The van der Waals surface area contributed by atoms with Gasteiger partial charge in [-0.05, 0) is 25.6 Å². The molecule has 0 spiro atoms. The summed E-state index contributed by atoms with van der Waals surface area (Å²) in [5.74, 6) is 0.219. The van der Waals surface area contributed by atoms with Gasteiger partial charge < -0.3 is 15.3 Å². The minimum atomic E-state index is -0.959. The van der Waals surface area contributed by atoms with Crippen LogP contribution in [0.1, 0.15) is 17.9 Å². The summed E-state index contributed by atoms with van der Waals surface area (Å²) in [5.41, 5.74) is 1.11. The zero-order valence-corrected chi connectivity index (χ0v) is 10.1. The maximum absolute atomic E-state index is 10.8. The second-order valence-corrected chi connectivity index (χ2v) is 4.66. The van der Waals surface area contributed by atoms with Gasteiger partial charge in [0.05, 0.1) is 12.2 Å². The van der Waals surface area contributed by atoms with Gasteiger partial charge in [-0.3, -0.25) is 4.68 Å². The molecule has 2 heterocycles. The van der Waals surface area contributed by atoms with E-state index in [2.05, 4.69) is 15.3 Å². The van der Waals surface area contributed by atoms with Gasteiger partial charge in [-0.15, -0.1) is 0 Å². The SMILES string of the molecule is CN1CC[C@@H](c2cnn(C)c2)[C@H](NC(=O)O)C1. The maximum atomic E-state index is 10.8. The quantitative estimate of drug-likeness (QED) is 0.786. The lowest BCUT2D eigenvalue weighted by molar-refractivity contribution is 0.165. The van der Waals surface area contributed by atoms with Crippen LogP contribution >= 0.6 is 0 Å². The number of nitrogens with zero attached hydrogens (tertiary/aromatic N) is 3. The highest BCUT2D eigenvalue weighted by Crippen LogP contribution is 2.27. The topological polar surface area (TPSA) is 70.4 Å². The van der Waals surface area contributed by atoms with Crippen LogP contribution in [0.5, 0.6) is 0 Å². The van der Waals surface area contributed by atoms with E-state index in [-0.39, 0.29) is 12.0 Å². The third kappa shape index (κ3) is 2.76. The third-order valence-electron chi connectivity index (χ3n) is 3.28. The average molecular weight is 238 g/mol. The van der Waals surface area contributed by atoms with Crippen LogP contribution in [0, 0.1) is 0 Å². The Morgan fingerprint density at radius 2 is 2.35 bits per heavy atom. The molecule has 6 heteroatoms. The number of likely N-dealkylation sites (tertiary alicyclic amines) is 1. The van der Waals surface area contributed by atoms with Crippen molar-refractivity contribution in [3.63, 3.8) is 0 Å². The fraction of sp³-hybridized carbons (Fsp3) is 0.636. The van der Waals surface area contributed by atoms with Gasteiger partial charge in [-0.25, -0.2) is 4.79 Å². The summed E-state index contributed by atoms with van der Waals surface area (Å²) in [6.45, 7) is 1.73. The highest BCUT2D eigenvalue weighted by atomic mass is 16.4. The van der Waals surface area contributed by atoms with Crippen LogP contribution in [0.15, 0.2) is 12.4 Å². The molecule has 0 aromatic carbocycles. The molecular weight excluding hydrogens is 220 g/mol. The molecule has 0 unspecified atom stereocenters. The van der Waals surface area contributed by atoms with Crippen molar-refractivity contribution in [2.75, 3.05) is 20.1 Å². The molecular formula is C11H18N4O2. The zero-order valence-electron chi connectivity index (χ0n) is 10.1. The Hall–Kier alpha value is -1.56. The molecule has 1 amide bonds. The first kappa shape index (κ1) is 11.9. The number of carboxylic acid groups (broad SMARTS) is 1. The van der Waals surface area contributed by atoms with Crippen molar-refractivity contribution in [3.05, 3.63) is 18.0 Å². The average Bonchev–Trinajstić information content (AvgIpc) is 2.64. The van der Waals surface area contributed by atoms with Gasteiger partial charge in [0, 0.05) is 25.7 Å². The Morgan fingerprint density at radius 1 is 1.59 bits per heavy atom. The molecule has 2 rings (SSSR count). The number of aromatic nitrogens is 2. The summed E-state index contributed by atoms with van der Waals surface area (Å²) >= 11 is 0. The van der Waals surface area contributed by atoms with Gasteiger partial charge in [0.1, 0.15) is 0 Å². The number of hydrogen-bond donors (Lipinski definition) is 2. The Balaban J connectivity index is 2.15. The van der Waals surface area contributed by atoms with Gasteiger partial charge in [-0.2, -0.15) is 5.10 Å². The summed E-state index contributed by atoms with van der Waals surface area (Å²) in [6, 6.07) is -0.0598. The fourth-order valence-corrected chi connectivity index (χ4v) is 2.45. The summed E-state index contributed by atoms with van der Waals surface area (Å²) < 4.78 is 1.76. The summed E-state index contributed by atoms with van der Waals surface area (Å²) in [6.07, 6.45) is 3.78. The van der Waals surface area contributed by atoms with E-state index in [0.717, 1.165) is 25.1 Å². The van der Waals surface area contributed by atoms with E-state index < -0.39 is 6.09 Å². The molecule has 0 bridgehead atoms. The van der Waals surface area contributed by atoms with Crippen LogP contribution in [0.25, 0.3) is 0 Å². The second kappa shape index (κ2) is 4.75. The number of nitrogens with one attached hydrogen (secondary N) is 1. The third-order valence-corrected chi connectivity index (χ3v) is 3.28. The van der Waals surface area contributed by atoms with Gasteiger partial charge >= 0.3 is 6.09 Å². The van der Waals surface area contributed by atoms with Gasteiger partial charge in [0.15, 0.2) is 0 Å². The standard InChI is InChI=1S/C11H18N4O2/c1-14-4-3-9(8-5-12-15(2)6-8)10(7-14)13-11(16)17/h5-6,9-10,13H,3-4,7H2,1-2H3,(H,16,17)/t9-,10+/m0/s1. The summed E-state index contributed by atoms with van der Waals surface area (Å²) in [7, 11) is 3.88. The molecule has 0 radical (unpaired) electrons. The number of piperidine rings is 1. The first-order valence-electron chi connectivity index (χ1n) is 5.73. The lowest BCUT2D eigenvalue weighted by atomic mass is 9.87. The highest BCUT2D eigenvalue weighted by Gasteiger charge is 2.30. The molecule has 1 fully saturated rings. The highest BCUT2D eigenvalue weighted by molar-refractivity contribution is 5.65. The van der Waals surface area contributed by atoms with E-state index in [4.69, 9.17) is 5.11 Å². The van der Waals surface area contributed by atoms with Crippen LogP contribution in [0.3, 0.4) is 0 Å². The molecule has 0 aliphatic carbocycles. The van der Waals surface area contributed by atoms with Crippen molar-refractivity contribution >= 4 is 6.09 Å². The number of aryl methyl sites for hydroxylation is 1. The molecule has 6 nitrogen and oxygen atoms in total. The van der Waals surface area contributed by atoms with E-state index in [9.17, 15) is 4.79 Å². The summed E-state index contributed by atoms with van der Waals surface area (Å²) in [4.78, 5) is 13.0. The first-order chi connectivity index (χ1) is 8.06. The fourth-order valence-electron chi connectivity index (χ4n) is 2.45. The van der Waals surface area contributed by atoms with Gasteiger partial charge in [0.25, 0.3) is 0 Å². The lowest BCUT2D eigenvalue weighted by Crippen LogP contribution is -2.50. The molecule has 1 aromatic heterocycles. The van der Waals surface area contributed by atoms with Crippen LogP contribution < -0.4 is 5.32 Å². The van der Waals surface area contributed by atoms with Crippen LogP contribution in [0.2, 0.25) is 0 Å². The van der Waals surface area contributed by atoms with Crippen molar-refractivity contribution in [1.29, 1.82) is 0 Å². The molecule has 17 heavy (non-hydrogen) atoms. The molecule has 1 aromatic rings. The van der Waals surface area contributed by atoms with Crippen molar-refractivity contribution in [2.45, 2.75) is 18.4 Å². The van der Waals surface area contributed by atoms with Crippen molar-refractivity contribution < 1.29 is 9.90 Å². The number of hydrogen-bond acceptors (Lipinski definition) is 3. The largest absolute Gasteiger partial charge is 0.465 e. The normalized spacial score (nSPS) is 25.8. The number of amides is 1. The van der Waals surface area contributed by atoms with Crippen LogP contribution in [-0.2, 0) is 7.05 Å². The predicted octanol–water partition coefficient (Wildman–Crippen LogP) is 0.475. The summed E-state index contributed by atoms with van der Waals surface area (Å²) in [5, 5.41) is 15.6. The maximum Gasteiger partial charge on any atom is 0.404 e. The Kier molecular flexibility index (Phi) is 3.33. The lowest BCUT2D eigenvalue weighted by Gasteiger charge is -2.36. The van der Waals surface area contributed by atoms with Gasteiger partial charge in [-0.1, -0.05) is 0 Å². The van der Waals surface area contributed by atoms with Crippen molar-refractivity contribution in [1.82, 2.24) is 20.0 Å². The predicted molar refractivity (Wildman–Crippen MR) is 63.0 cm³/mol. The molecule has 1 saturated heterocycles. The molecule has 1 aliphatic rings. The molecule has 0 saturated carbocycles. The Morgan fingerprint density at radius 3 is 2.94 bits per heavy atom. The smallest absolute Gasteiger partial charge is 0.404 e. The molecule has 94 valence electrons. The zero-order chi connectivity index (χ0) is 12.4. The van der Waals surface area contributed by atoms with Gasteiger partial charge in [0.2, 0.25) is 0 Å². The molecule has 1 aliphatic heterocycles. The minimum Gasteiger partial charge on any atom is -0.465 e. The van der Waals surface area contributed by atoms with Crippen molar-refractivity contribution in [2.24, 2.45) is 7.05 Å². The first-order valence-corrected chi connectivity index (χ1v) is 5.73.